The molecule has 0 fully saturated rings. The molecule has 0 aliphatic carbocycles. The molecule has 0 saturated carbocycles. The average Bonchev–Trinajstić information content (AvgIpc) is 2.82. The fourth-order valence-electron chi connectivity index (χ4n) is 2.39. The number of hydrogen-bond acceptors (Lipinski definition) is 2. The van der Waals surface area contributed by atoms with Crippen molar-refractivity contribution in [3.63, 3.8) is 0 Å². The van der Waals surface area contributed by atoms with Gasteiger partial charge in [-0.25, -0.2) is 4.98 Å². The molecular weight excluding hydrogens is 280 g/mol. The minimum absolute atomic E-state index is 0.228. The van der Waals surface area contributed by atoms with Crippen molar-refractivity contribution in [3.05, 3.63) is 60.2 Å². The molecule has 0 aliphatic heterocycles. The quantitative estimate of drug-likeness (QED) is 0.727. The molecule has 3 N–H and O–H groups in total. The molecule has 0 saturated heterocycles. The molecule has 0 radical (unpaired) electrons. The van der Waals surface area contributed by atoms with Gasteiger partial charge in [0.2, 0.25) is 5.95 Å². The van der Waals surface area contributed by atoms with Crippen LogP contribution in [0.4, 0.5) is 5.95 Å². The number of nitrogens with zero attached hydrogens (tertiary/aromatic N) is 2. The maximum Gasteiger partial charge on any atom is 0.210 e. The van der Waals surface area contributed by atoms with Gasteiger partial charge in [-0.15, -0.1) is 0 Å². The van der Waals surface area contributed by atoms with Gasteiger partial charge in [0.25, 0.3) is 0 Å². The molecule has 4 nitrogen and oxygen atoms in total. The van der Waals surface area contributed by atoms with Crippen molar-refractivity contribution in [2.45, 2.75) is 13.0 Å². The molecule has 0 amide bonds. The minimum Gasteiger partial charge on any atom is -0.376 e. The summed E-state index contributed by atoms with van der Waals surface area (Å²) in [5, 5.41) is 3.19. The van der Waals surface area contributed by atoms with Crippen molar-refractivity contribution in [2.75, 3.05) is 5.32 Å². The number of anilines is 1. The fraction of sp³-hybridized carbons (Fsp3) is 0.125. The van der Waals surface area contributed by atoms with Crippen LogP contribution in [0.25, 0.3) is 11.0 Å². The summed E-state index contributed by atoms with van der Waals surface area (Å²) in [5.74, 6) is 0.694. The van der Waals surface area contributed by atoms with Crippen LogP contribution in [0.1, 0.15) is 5.56 Å². The third-order valence-electron chi connectivity index (χ3n) is 3.36. The Labute approximate surface area is 128 Å². The summed E-state index contributed by atoms with van der Waals surface area (Å²) in [6, 6.07) is 18.4. The zero-order chi connectivity index (χ0) is 14.7. The Bertz CT molecular complexity index is 764. The first kappa shape index (κ1) is 13.6. The molecule has 0 atom stereocenters. The maximum absolute atomic E-state index is 5.59. The van der Waals surface area contributed by atoms with Crippen LogP contribution in [0.3, 0.4) is 0 Å². The van der Waals surface area contributed by atoms with E-state index in [0.29, 0.717) is 5.95 Å². The highest BCUT2D eigenvalue weighted by molar-refractivity contribution is 7.80. The molecule has 106 valence electrons. The summed E-state index contributed by atoms with van der Waals surface area (Å²) in [7, 11) is 0. The number of imidazole rings is 1. The maximum atomic E-state index is 5.59. The molecular formula is C16H16N4S. The van der Waals surface area contributed by atoms with Gasteiger partial charge in [-0.2, -0.15) is 0 Å². The zero-order valence-electron chi connectivity index (χ0n) is 11.5. The van der Waals surface area contributed by atoms with Gasteiger partial charge in [0, 0.05) is 6.54 Å². The SMILES string of the molecule is NC(=S)Nc1nc2ccccc2n1CCc1ccccc1. The van der Waals surface area contributed by atoms with Crippen LogP contribution in [0.5, 0.6) is 0 Å². The number of nitrogens with one attached hydrogen (secondary N) is 1. The highest BCUT2D eigenvalue weighted by atomic mass is 32.1. The van der Waals surface area contributed by atoms with Gasteiger partial charge in [0.15, 0.2) is 5.11 Å². The Balaban J connectivity index is 1.93. The second-order valence-corrected chi connectivity index (χ2v) is 5.24. The second kappa shape index (κ2) is 5.93. The van der Waals surface area contributed by atoms with Gasteiger partial charge >= 0.3 is 0 Å². The van der Waals surface area contributed by atoms with Gasteiger partial charge in [-0.1, -0.05) is 42.5 Å². The molecule has 1 heterocycles. The van der Waals surface area contributed by atoms with Crippen LogP contribution in [0.2, 0.25) is 0 Å². The molecule has 0 aliphatic rings. The number of benzene rings is 2. The third kappa shape index (κ3) is 3.03. The molecule has 1 aromatic heterocycles. The lowest BCUT2D eigenvalue weighted by Crippen LogP contribution is -2.22. The van der Waals surface area contributed by atoms with Crippen LogP contribution in [-0.4, -0.2) is 14.7 Å². The lowest BCUT2D eigenvalue weighted by Gasteiger charge is -2.10. The van der Waals surface area contributed by atoms with E-state index in [9.17, 15) is 0 Å². The predicted molar refractivity (Wildman–Crippen MR) is 90.3 cm³/mol. The van der Waals surface area contributed by atoms with E-state index in [-0.39, 0.29) is 5.11 Å². The van der Waals surface area contributed by atoms with Crippen molar-refractivity contribution in [1.82, 2.24) is 9.55 Å². The van der Waals surface area contributed by atoms with Crippen molar-refractivity contribution in [3.8, 4) is 0 Å². The van der Waals surface area contributed by atoms with Gasteiger partial charge in [0.1, 0.15) is 0 Å². The van der Waals surface area contributed by atoms with Gasteiger partial charge in [-0.3, -0.25) is 0 Å². The molecule has 3 rings (SSSR count). The average molecular weight is 296 g/mol. The lowest BCUT2D eigenvalue weighted by molar-refractivity contribution is 0.725. The summed E-state index contributed by atoms with van der Waals surface area (Å²) in [6.45, 7) is 0.815. The van der Waals surface area contributed by atoms with E-state index < -0.39 is 0 Å². The van der Waals surface area contributed by atoms with Crippen molar-refractivity contribution in [2.24, 2.45) is 5.73 Å². The molecule has 0 spiro atoms. The summed E-state index contributed by atoms with van der Waals surface area (Å²) in [5.41, 5.74) is 8.89. The van der Waals surface area contributed by atoms with Gasteiger partial charge < -0.3 is 15.6 Å². The number of aryl methyl sites for hydroxylation is 2. The van der Waals surface area contributed by atoms with Crippen molar-refractivity contribution in [1.29, 1.82) is 0 Å². The van der Waals surface area contributed by atoms with Gasteiger partial charge in [-0.05, 0) is 36.3 Å². The Hall–Kier alpha value is -2.40. The molecule has 0 unspecified atom stereocenters. The summed E-state index contributed by atoms with van der Waals surface area (Å²) < 4.78 is 2.11. The van der Waals surface area contributed by atoms with E-state index in [1.165, 1.54) is 5.56 Å². The Kier molecular flexibility index (Phi) is 3.83. The minimum atomic E-state index is 0.228. The van der Waals surface area contributed by atoms with Crippen LogP contribution >= 0.6 is 12.2 Å². The Morgan fingerprint density at radius 1 is 1.10 bits per heavy atom. The number of para-hydroxylation sites is 2. The molecule has 0 bridgehead atoms. The normalized spacial score (nSPS) is 10.7. The van der Waals surface area contributed by atoms with Crippen LogP contribution < -0.4 is 11.1 Å². The van der Waals surface area contributed by atoms with E-state index in [0.717, 1.165) is 24.0 Å². The standard InChI is InChI=1S/C16H16N4S/c17-15(21)19-16-18-13-8-4-5-9-14(13)20(16)11-10-12-6-2-1-3-7-12/h1-9H,10-11H2,(H3,17,18,19,21). The topological polar surface area (TPSA) is 55.9 Å². The first-order valence-corrected chi connectivity index (χ1v) is 7.20. The summed E-state index contributed by atoms with van der Waals surface area (Å²) >= 11 is 4.93. The molecule has 2 aromatic carbocycles. The van der Waals surface area contributed by atoms with E-state index >= 15 is 0 Å². The monoisotopic (exact) mass is 296 g/mol. The molecule has 5 heteroatoms. The molecule has 3 aromatic rings. The highest BCUT2D eigenvalue weighted by Crippen LogP contribution is 2.20. The summed E-state index contributed by atoms with van der Waals surface area (Å²) in [6.07, 6.45) is 0.924. The lowest BCUT2D eigenvalue weighted by atomic mass is 10.1. The van der Waals surface area contributed by atoms with E-state index in [4.69, 9.17) is 18.0 Å². The van der Waals surface area contributed by atoms with Crippen LogP contribution in [0.15, 0.2) is 54.6 Å². The predicted octanol–water partition coefficient (Wildman–Crippen LogP) is 2.93. The largest absolute Gasteiger partial charge is 0.376 e. The van der Waals surface area contributed by atoms with E-state index in [2.05, 4.69) is 45.2 Å². The Morgan fingerprint density at radius 3 is 2.57 bits per heavy atom. The van der Waals surface area contributed by atoms with Crippen LogP contribution in [-0.2, 0) is 13.0 Å². The zero-order valence-corrected chi connectivity index (χ0v) is 12.3. The van der Waals surface area contributed by atoms with Gasteiger partial charge in [0.05, 0.1) is 11.0 Å². The van der Waals surface area contributed by atoms with Crippen molar-refractivity contribution < 1.29 is 0 Å². The number of nitrogens with two attached hydrogens (primary N) is 1. The smallest absolute Gasteiger partial charge is 0.210 e. The number of thiocarbonyl (C=S) groups is 1. The first-order valence-electron chi connectivity index (χ1n) is 6.80. The summed E-state index contributed by atoms with van der Waals surface area (Å²) in [4.78, 5) is 4.55. The number of fused-ring (bicyclic) bond motifs is 1. The van der Waals surface area contributed by atoms with Crippen LogP contribution in [0, 0.1) is 0 Å². The number of hydrogen-bond donors (Lipinski definition) is 2. The number of rotatable bonds is 4. The van der Waals surface area contributed by atoms with E-state index in [1.807, 2.05) is 24.3 Å². The fourth-order valence-corrected chi connectivity index (χ4v) is 2.48. The third-order valence-corrected chi connectivity index (χ3v) is 3.46. The number of aromatic nitrogens is 2. The Morgan fingerprint density at radius 2 is 1.81 bits per heavy atom. The second-order valence-electron chi connectivity index (χ2n) is 4.80. The van der Waals surface area contributed by atoms with E-state index in [1.54, 1.807) is 0 Å². The van der Waals surface area contributed by atoms with Crippen molar-refractivity contribution >= 4 is 34.3 Å². The first-order chi connectivity index (χ1) is 10.2. The highest BCUT2D eigenvalue weighted by Gasteiger charge is 2.10. The molecule has 21 heavy (non-hydrogen) atoms.